The van der Waals surface area contributed by atoms with E-state index in [1.807, 2.05) is 0 Å². The molecule has 90 valence electrons. The smallest absolute Gasteiger partial charge is 0.224 e. The van der Waals surface area contributed by atoms with Crippen molar-refractivity contribution in [1.29, 1.82) is 0 Å². The molecular weight excluding hydrogens is 198 g/mol. The highest BCUT2D eigenvalue weighted by Crippen LogP contribution is 2.77. The van der Waals surface area contributed by atoms with E-state index in [0.29, 0.717) is 5.41 Å². The van der Waals surface area contributed by atoms with Gasteiger partial charge in [0.05, 0.1) is 5.41 Å². The van der Waals surface area contributed by atoms with Crippen LogP contribution < -0.4 is 5.73 Å². The summed E-state index contributed by atoms with van der Waals surface area (Å²) in [5.74, 6) is 0.779. The van der Waals surface area contributed by atoms with Crippen molar-refractivity contribution in [3.05, 3.63) is 0 Å². The molecule has 4 saturated carbocycles. The third-order valence-corrected chi connectivity index (χ3v) is 5.95. The van der Waals surface area contributed by atoms with Crippen LogP contribution in [0.4, 0.5) is 0 Å². The monoisotopic (exact) mass is 221 g/mol. The minimum Gasteiger partial charge on any atom is -0.369 e. The Labute approximate surface area is 98.0 Å². The van der Waals surface area contributed by atoms with E-state index in [-0.39, 0.29) is 16.7 Å². The standard InChI is InChI=1S/C14H23NO/c1-3-4-13-6-10-5-12(2,8-13)14(7-10,9-13)11(15)16/h10H,3-9H2,1-2H3,(H2,15,16)/t10?,12-,13+,14?/m1/s1. The van der Waals surface area contributed by atoms with Crippen molar-refractivity contribution in [2.45, 2.75) is 58.8 Å². The molecule has 2 nitrogen and oxygen atoms in total. The lowest BCUT2D eigenvalue weighted by molar-refractivity contribution is -0.132. The SMILES string of the molecule is CCC[C@@]12CC3CC(C(N)=O)(C1)[C@](C)(C3)C2. The maximum atomic E-state index is 11.9. The first-order valence-corrected chi connectivity index (χ1v) is 6.75. The molecule has 0 radical (unpaired) electrons. The van der Waals surface area contributed by atoms with Crippen molar-refractivity contribution in [2.24, 2.45) is 27.9 Å². The number of primary amides is 1. The Morgan fingerprint density at radius 2 is 2.06 bits per heavy atom. The Hall–Kier alpha value is -0.530. The molecule has 4 aliphatic rings. The van der Waals surface area contributed by atoms with Gasteiger partial charge in [0.1, 0.15) is 0 Å². The van der Waals surface area contributed by atoms with Gasteiger partial charge in [0.2, 0.25) is 5.91 Å². The molecule has 0 aromatic heterocycles. The molecule has 2 heteroatoms. The van der Waals surface area contributed by atoms with Crippen LogP contribution in [0.3, 0.4) is 0 Å². The van der Waals surface area contributed by atoms with E-state index in [1.165, 1.54) is 32.1 Å². The molecule has 4 fully saturated rings. The summed E-state index contributed by atoms with van der Waals surface area (Å²) in [5, 5.41) is 0. The third-order valence-electron chi connectivity index (χ3n) is 5.95. The maximum Gasteiger partial charge on any atom is 0.224 e. The summed E-state index contributed by atoms with van der Waals surface area (Å²) in [6.07, 6.45) is 8.60. The van der Waals surface area contributed by atoms with Crippen molar-refractivity contribution in [1.82, 2.24) is 0 Å². The van der Waals surface area contributed by atoms with Gasteiger partial charge in [0.15, 0.2) is 0 Å². The highest BCUT2D eigenvalue weighted by Gasteiger charge is 2.71. The molecule has 0 aromatic carbocycles. The Morgan fingerprint density at radius 3 is 2.62 bits per heavy atom. The van der Waals surface area contributed by atoms with Crippen LogP contribution in [0.2, 0.25) is 0 Å². The predicted octanol–water partition coefficient (Wildman–Crippen LogP) is 2.86. The van der Waals surface area contributed by atoms with Crippen molar-refractivity contribution in [3.63, 3.8) is 0 Å². The first-order chi connectivity index (χ1) is 7.45. The summed E-state index contributed by atoms with van der Waals surface area (Å²) in [4.78, 5) is 11.9. The Kier molecular flexibility index (Phi) is 1.88. The van der Waals surface area contributed by atoms with E-state index in [0.717, 1.165) is 18.8 Å². The number of amides is 1. The first kappa shape index (κ1) is 10.6. The number of rotatable bonds is 3. The minimum absolute atomic E-state index is 0.00446. The second-order valence-corrected chi connectivity index (χ2v) is 7.09. The molecule has 4 bridgehead atoms. The van der Waals surface area contributed by atoms with Crippen LogP contribution in [0.1, 0.15) is 58.8 Å². The molecule has 0 aliphatic heterocycles. The lowest BCUT2D eigenvalue weighted by atomic mass is 9.65. The lowest BCUT2D eigenvalue weighted by Crippen LogP contribution is -2.43. The number of hydrogen-bond acceptors (Lipinski definition) is 1. The van der Waals surface area contributed by atoms with Gasteiger partial charge in [-0.3, -0.25) is 4.79 Å². The second-order valence-electron chi connectivity index (χ2n) is 7.09. The highest BCUT2D eigenvalue weighted by atomic mass is 16.1. The molecule has 2 unspecified atom stereocenters. The summed E-state index contributed by atoms with van der Waals surface area (Å²) < 4.78 is 0. The number of carbonyl (C=O) groups is 1. The summed E-state index contributed by atoms with van der Waals surface area (Å²) in [6.45, 7) is 4.59. The van der Waals surface area contributed by atoms with Gasteiger partial charge in [-0.25, -0.2) is 0 Å². The molecule has 4 rings (SSSR count). The highest BCUT2D eigenvalue weighted by molar-refractivity contribution is 5.83. The summed E-state index contributed by atoms with van der Waals surface area (Å²) in [5.41, 5.74) is 6.33. The Morgan fingerprint density at radius 1 is 1.31 bits per heavy atom. The quantitative estimate of drug-likeness (QED) is 0.782. The van der Waals surface area contributed by atoms with E-state index in [4.69, 9.17) is 5.73 Å². The molecule has 4 atom stereocenters. The van der Waals surface area contributed by atoms with E-state index >= 15 is 0 Å². The number of carbonyl (C=O) groups excluding carboxylic acids is 1. The van der Waals surface area contributed by atoms with Crippen molar-refractivity contribution in [2.75, 3.05) is 0 Å². The van der Waals surface area contributed by atoms with Crippen LogP contribution in [0.5, 0.6) is 0 Å². The fourth-order valence-corrected chi connectivity index (χ4v) is 5.90. The fourth-order valence-electron chi connectivity index (χ4n) is 5.90. The molecule has 0 heterocycles. The van der Waals surface area contributed by atoms with Crippen LogP contribution in [-0.2, 0) is 4.79 Å². The molecular formula is C14H23NO. The molecule has 1 amide bonds. The Balaban J connectivity index is 2.02. The zero-order valence-corrected chi connectivity index (χ0v) is 10.5. The van der Waals surface area contributed by atoms with Gasteiger partial charge in [-0.1, -0.05) is 20.3 Å². The third kappa shape index (κ3) is 1.01. The van der Waals surface area contributed by atoms with Gasteiger partial charge >= 0.3 is 0 Å². The van der Waals surface area contributed by atoms with Gasteiger partial charge in [-0.15, -0.1) is 0 Å². The van der Waals surface area contributed by atoms with Crippen LogP contribution in [0.15, 0.2) is 0 Å². The normalized spacial score (nSPS) is 53.5. The average molecular weight is 221 g/mol. The molecule has 0 spiro atoms. The number of hydrogen-bond donors (Lipinski definition) is 1. The van der Waals surface area contributed by atoms with Gasteiger partial charge < -0.3 is 5.73 Å². The van der Waals surface area contributed by atoms with Gasteiger partial charge in [0, 0.05) is 0 Å². The van der Waals surface area contributed by atoms with Crippen LogP contribution >= 0.6 is 0 Å². The summed E-state index contributed by atoms with van der Waals surface area (Å²) in [6, 6.07) is 0. The molecule has 4 aliphatic carbocycles. The Bertz CT molecular complexity index is 353. The maximum absolute atomic E-state index is 11.9. The van der Waals surface area contributed by atoms with Crippen molar-refractivity contribution in [3.8, 4) is 0 Å². The van der Waals surface area contributed by atoms with E-state index in [2.05, 4.69) is 13.8 Å². The van der Waals surface area contributed by atoms with Crippen molar-refractivity contribution < 1.29 is 4.79 Å². The minimum atomic E-state index is -0.134. The van der Waals surface area contributed by atoms with Gasteiger partial charge in [-0.05, 0) is 55.3 Å². The van der Waals surface area contributed by atoms with Gasteiger partial charge in [0.25, 0.3) is 0 Å². The second kappa shape index (κ2) is 2.83. The zero-order valence-electron chi connectivity index (χ0n) is 10.5. The number of nitrogens with two attached hydrogens (primary N) is 1. The largest absolute Gasteiger partial charge is 0.369 e. The predicted molar refractivity (Wildman–Crippen MR) is 63.7 cm³/mol. The van der Waals surface area contributed by atoms with Crippen LogP contribution in [0, 0.1) is 22.2 Å². The zero-order chi connectivity index (χ0) is 11.6. The molecule has 16 heavy (non-hydrogen) atoms. The lowest BCUT2D eigenvalue weighted by Gasteiger charge is -2.40. The van der Waals surface area contributed by atoms with Crippen LogP contribution in [-0.4, -0.2) is 5.91 Å². The summed E-state index contributed by atoms with van der Waals surface area (Å²) >= 11 is 0. The van der Waals surface area contributed by atoms with Gasteiger partial charge in [-0.2, -0.15) is 0 Å². The first-order valence-electron chi connectivity index (χ1n) is 6.75. The summed E-state index contributed by atoms with van der Waals surface area (Å²) in [7, 11) is 0. The molecule has 2 N–H and O–H groups in total. The van der Waals surface area contributed by atoms with Crippen molar-refractivity contribution >= 4 is 5.91 Å². The fraction of sp³-hybridized carbons (Fsp3) is 0.929. The molecule has 0 aromatic rings. The van der Waals surface area contributed by atoms with E-state index < -0.39 is 0 Å². The molecule has 0 saturated heterocycles. The van der Waals surface area contributed by atoms with E-state index in [1.54, 1.807) is 0 Å². The average Bonchev–Trinajstić information content (AvgIpc) is 2.44. The van der Waals surface area contributed by atoms with Crippen LogP contribution in [0.25, 0.3) is 0 Å². The van der Waals surface area contributed by atoms with E-state index in [9.17, 15) is 4.79 Å². The topological polar surface area (TPSA) is 43.1 Å².